The van der Waals surface area contributed by atoms with Gasteiger partial charge < -0.3 is 0 Å². The van der Waals surface area contributed by atoms with Crippen LogP contribution in [0.5, 0.6) is 0 Å². The van der Waals surface area contributed by atoms with E-state index in [0.29, 0.717) is 22.6 Å². The SMILES string of the molecule is Cn1cc2cc(C(F)(F)C(=N)n3cc(-c4cnn(C5CC5)c4)ccc3=N)c(F)cc2n1. The molecule has 3 aromatic heterocycles. The quantitative estimate of drug-likeness (QED) is 0.385. The molecule has 0 radical (unpaired) electrons. The van der Waals surface area contributed by atoms with Gasteiger partial charge in [0, 0.05) is 48.2 Å². The van der Waals surface area contributed by atoms with Crippen molar-refractivity contribution in [2.45, 2.75) is 24.8 Å². The van der Waals surface area contributed by atoms with Crippen molar-refractivity contribution < 1.29 is 13.2 Å². The first-order valence-electron chi connectivity index (χ1n) is 9.66. The first kappa shape index (κ1) is 19.3. The number of halogens is 3. The minimum atomic E-state index is -3.97. The summed E-state index contributed by atoms with van der Waals surface area (Å²) in [4.78, 5) is 0. The summed E-state index contributed by atoms with van der Waals surface area (Å²) in [7, 11) is 1.61. The minimum absolute atomic E-state index is 0.245. The zero-order valence-electron chi connectivity index (χ0n) is 16.5. The Morgan fingerprint density at radius 2 is 1.90 bits per heavy atom. The van der Waals surface area contributed by atoms with Gasteiger partial charge in [-0.25, -0.2) is 4.39 Å². The molecule has 0 atom stereocenters. The molecule has 0 unspecified atom stereocenters. The summed E-state index contributed by atoms with van der Waals surface area (Å²) < 4.78 is 49.0. The number of fused-ring (bicyclic) bond motifs is 1. The highest BCUT2D eigenvalue weighted by Crippen LogP contribution is 2.36. The van der Waals surface area contributed by atoms with Gasteiger partial charge >= 0.3 is 5.92 Å². The molecule has 10 heteroatoms. The number of nitrogens with zero attached hydrogens (tertiary/aromatic N) is 5. The van der Waals surface area contributed by atoms with Crippen LogP contribution in [-0.4, -0.2) is 30.0 Å². The largest absolute Gasteiger partial charge is 0.332 e. The lowest BCUT2D eigenvalue weighted by atomic mass is 10.0. The van der Waals surface area contributed by atoms with Crippen molar-refractivity contribution in [2.24, 2.45) is 7.05 Å². The average Bonchev–Trinajstić information content (AvgIpc) is 3.34. The fourth-order valence-electron chi connectivity index (χ4n) is 3.57. The van der Waals surface area contributed by atoms with Crippen LogP contribution in [0.25, 0.3) is 22.0 Å². The monoisotopic (exact) mass is 425 g/mol. The van der Waals surface area contributed by atoms with Crippen LogP contribution in [0.3, 0.4) is 0 Å². The predicted octanol–water partition coefficient (Wildman–Crippen LogP) is 3.81. The van der Waals surface area contributed by atoms with Crippen LogP contribution in [0, 0.1) is 16.6 Å². The molecule has 2 N–H and O–H groups in total. The van der Waals surface area contributed by atoms with E-state index in [1.165, 1.54) is 23.1 Å². The first-order valence-corrected chi connectivity index (χ1v) is 9.66. The molecule has 5 rings (SSSR count). The molecule has 1 aliphatic rings. The lowest BCUT2D eigenvalue weighted by molar-refractivity contribution is 0.0666. The average molecular weight is 425 g/mol. The van der Waals surface area contributed by atoms with Crippen LogP contribution in [0.15, 0.2) is 49.1 Å². The molecule has 3 heterocycles. The topological polar surface area (TPSA) is 88.3 Å². The summed E-state index contributed by atoms with van der Waals surface area (Å²) in [6.07, 6.45) is 8.33. The Morgan fingerprint density at radius 1 is 1.13 bits per heavy atom. The normalized spacial score (nSPS) is 14.3. The van der Waals surface area contributed by atoms with Crippen LogP contribution in [0.1, 0.15) is 24.4 Å². The molecule has 1 saturated carbocycles. The van der Waals surface area contributed by atoms with E-state index in [1.807, 2.05) is 10.9 Å². The second kappa shape index (κ2) is 6.66. The van der Waals surface area contributed by atoms with Crippen LogP contribution >= 0.6 is 0 Å². The Kier molecular flexibility index (Phi) is 4.14. The van der Waals surface area contributed by atoms with E-state index in [9.17, 15) is 4.39 Å². The highest BCUT2D eigenvalue weighted by Gasteiger charge is 2.41. The molecular formula is C21H18F3N7. The first-order chi connectivity index (χ1) is 14.7. The fraction of sp³-hybridized carbons (Fsp3) is 0.238. The Labute approximate surface area is 174 Å². The van der Waals surface area contributed by atoms with E-state index in [4.69, 9.17) is 10.8 Å². The van der Waals surface area contributed by atoms with Gasteiger partial charge in [0.1, 0.15) is 11.3 Å². The van der Waals surface area contributed by atoms with Crippen LogP contribution < -0.4 is 5.49 Å². The van der Waals surface area contributed by atoms with Crippen molar-refractivity contribution in [3.8, 4) is 11.1 Å². The summed E-state index contributed by atoms with van der Waals surface area (Å²) in [6, 6.07) is 5.24. The van der Waals surface area contributed by atoms with Crippen LogP contribution in [0.2, 0.25) is 0 Å². The third-order valence-corrected chi connectivity index (χ3v) is 5.39. The second-order valence-corrected chi connectivity index (χ2v) is 7.73. The molecule has 0 bridgehead atoms. The summed E-state index contributed by atoms with van der Waals surface area (Å²) in [5, 5.41) is 24.8. The van der Waals surface area contributed by atoms with E-state index in [0.717, 1.165) is 29.5 Å². The molecule has 158 valence electrons. The maximum atomic E-state index is 15.3. The number of hydrogen-bond donors (Lipinski definition) is 2. The van der Waals surface area contributed by atoms with Gasteiger partial charge in [0.25, 0.3) is 0 Å². The fourth-order valence-corrected chi connectivity index (χ4v) is 3.57. The van der Waals surface area contributed by atoms with Gasteiger partial charge in [-0.1, -0.05) is 0 Å². The van der Waals surface area contributed by atoms with Gasteiger partial charge in [-0.05, 0) is 31.0 Å². The standard InChI is InChI=1S/C21H18F3N7/c1-29-9-13-6-16(17(22)7-18(13)28-29)21(23,24)20(26)30-10-12(2-5-19(30)25)14-8-27-31(11-14)15-3-4-15/h2,5-11,15,25-26H,3-4H2,1H3. The highest BCUT2D eigenvalue weighted by atomic mass is 19.3. The van der Waals surface area contributed by atoms with Crippen molar-refractivity contribution in [3.05, 3.63) is 65.9 Å². The Morgan fingerprint density at radius 3 is 2.65 bits per heavy atom. The molecule has 7 nitrogen and oxygen atoms in total. The Balaban J connectivity index is 1.55. The lowest BCUT2D eigenvalue weighted by Gasteiger charge is -2.21. The number of pyridine rings is 1. The smallest absolute Gasteiger partial charge is 0.284 e. The number of benzene rings is 1. The van der Waals surface area contributed by atoms with Gasteiger partial charge in [-0.3, -0.25) is 24.7 Å². The number of aromatic nitrogens is 5. The van der Waals surface area contributed by atoms with E-state index in [1.54, 1.807) is 19.3 Å². The number of alkyl halides is 2. The molecule has 0 spiro atoms. The van der Waals surface area contributed by atoms with Gasteiger partial charge in [-0.2, -0.15) is 19.0 Å². The molecule has 0 aliphatic heterocycles. The molecule has 4 aromatic rings. The van der Waals surface area contributed by atoms with E-state index in [2.05, 4.69) is 10.2 Å². The molecule has 31 heavy (non-hydrogen) atoms. The maximum absolute atomic E-state index is 15.3. The van der Waals surface area contributed by atoms with E-state index >= 15 is 8.78 Å². The van der Waals surface area contributed by atoms with Crippen molar-refractivity contribution >= 4 is 16.7 Å². The Hall–Kier alpha value is -3.69. The molecular weight excluding hydrogens is 407 g/mol. The van der Waals surface area contributed by atoms with Crippen molar-refractivity contribution in [1.29, 1.82) is 10.8 Å². The zero-order valence-corrected chi connectivity index (χ0v) is 16.5. The third kappa shape index (κ3) is 3.24. The Bertz CT molecular complexity index is 1390. The van der Waals surface area contributed by atoms with Crippen LogP contribution in [0.4, 0.5) is 13.2 Å². The van der Waals surface area contributed by atoms with Gasteiger partial charge in [0.2, 0.25) is 0 Å². The number of nitrogens with one attached hydrogen (secondary N) is 2. The number of aryl methyl sites for hydroxylation is 1. The van der Waals surface area contributed by atoms with Crippen molar-refractivity contribution in [2.75, 3.05) is 0 Å². The highest BCUT2D eigenvalue weighted by molar-refractivity contribution is 5.91. The van der Waals surface area contributed by atoms with Gasteiger partial charge in [-0.15, -0.1) is 0 Å². The molecule has 1 fully saturated rings. The number of rotatable bonds is 4. The lowest BCUT2D eigenvalue weighted by Crippen LogP contribution is -2.38. The van der Waals surface area contributed by atoms with Crippen LogP contribution in [-0.2, 0) is 13.0 Å². The molecule has 0 amide bonds. The minimum Gasteiger partial charge on any atom is -0.284 e. The van der Waals surface area contributed by atoms with Crippen molar-refractivity contribution in [1.82, 2.24) is 24.1 Å². The van der Waals surface area contributed by atoms with Crippen molar-refractivity contribution in [3.63, 3.8) is 0 Å². The summed E-state index contributed by atoms with van der Waals surface area (Å²) >= 11 is 0. The molecule has 1 aliphatic carbocycles. The molecule has 1 aromatic carbocycles. The van der Waals surface area contributed by atoms with E-state index in [-0.39, 0.29) is 11.0 Å². The van der Waals surface area contributed by atoms with Gasteiger partial charge in [0.05, 0.1) is 23.3 Å². The number of hydrogen-bond acceptors (Lipinski definition) is 4. The van der Waals surface area contributed by atoms with E-state index < -0.39 is 23.1 Å². The third-order valence-electron chi connectivity index (χ3n) is 5.39. The summed E-state index contributed by atoms with van der Waals surface area (Å²) in [6.45, 7) is 0. The predicted molar refractivity (Wildman–Crippen MR) is 107 cm³/mol. The summed E-state index contributed by atoms with van der Waals surface area (Å²) in [5.74, 6) is -6.34. The second-order valence-electron chi connectivity index (χ2n) is 7.73. The zero-order chi connectivity index (χ0) is 21.9. The molecule has 0 saturated heterocycles. The van der Waals surface area contributed by atoms with Gasteiger partial charge in [0.15, 0.2) is 5.84 Å². The maximum Gasteiger partial charge on any atom is 0.332 e. The summed E-state index contributed by atoms with van der Waals surface area (Å²) in [5.41, 5.74) is 0.226.